The third-order valence-corrected chi connectivity index (χ3v) is 6.24. The molecule has 138 valence electrons. The second-order valence-corrected chi connectivity index (χ2v) is 8.79. The van der Waals surface area contributed by atoms with Gasteiger partial charge in [-0.05, 0) is 50.7 Å². The number of piperidine rings is 2. The fourth-order valence-corrected chi connectivity index (χ4v) is 4.40. The zero-order valence-electron chi connectivity index (χ0n) is 15.6. The molecule has 0 bridgehead atoms. The lowest BCUT2D eigenvalue weighted by Gasteiger charge is -2.42. The summed E-state index contributed by atoms with van der Waals surface area (Å²) in [6.07, 6.45) is 4.46. The van der Waals surface area contributed by atoms with Crippen molar-refractivity contribution in [2.45, 2.75) is 64.7 Å². The first-order chi connectivity index (χ1) is 11.4. The Morgan fingerprint density at radius 1 is 0.917 bits per heavy atom. The summed E-state index contributed by atoms with van der Waals surface area (Å²) in [5.74, 6) is 0.584. The molecule has 2 saturated heterocycles. The molecule has 2 aliphatic heterocycles. The van der Waals surface area contributed by atoms with E-state index < -0.39 is 0 Å². The van der Waals surface area contributed by atoms with Crippen LogP contribution in [0.15, 0.2) is 0 Å². The molecule has 0 aromatic rings. The summed E-state index contributed by atoms with van der Waals surface area (Å²) in [6.45, 7) is 11.8. The highest BCUT2D eigenvalue weighted by molar-refractivity contribution is 7.98. The highest BCUT2D eigenvalue weighted by Gasteiger charge is 2.30. The Hall–Kier alpha value is -0.750. The van der Waals surface area contributed by atoms with E-state index in [1.54, 1.807) is 11.9 Å². The topological polar surface area (TPSA) is 52.7 Å². The molecule has 5 nitrogen and oxygen atoms in total. The molecule has 0 aromatic carbocycles. The van der Waals surface area contributed by atoms with Crippen LogP contribution in [0.3, 0.4) is 0 Å². The van der Waals surface area contributed by atoms with Crippen LogP contribution in [0.5, 0.6) is 0 Å². The van der Waals surface area contributed by atoms with Gasteiger partial charge in [-0.3, -0.25) is 14.3 Å². The van der Waals surface area contributed by atoms with Gasteiger partial charge in [0, 0.05) is 36.2 Å². The van der Waals surface area contributed by atoms with E-state index in [2.05, 4.69) is 9.62 Å². The summed E-state index contributed by atoms with van der Waals surface area (Å²) < 4.78 is 2.99. The van der Waals surface area contributed by atoms with Crippen molar-refractivity contribution in [3.8, 4) is 0 Å². The largest absolute Gasteiger partial charge is 0.342 e. The first kappa shape index (κ1) is 19.6. The van der Waals surface area contributed by atoms with Crippen LogP contribution in [0.1, 0.15) is 53.4 Å². The molecule has 0 aromatic heterocycles. The molecule has 0 unspecified atom stereocenters. The maximum absolute atomic E-state index is 12.1. The number of carbonyl (C=O) groups is 2. The number of likely N-dealkylation sites (tertiary alicyclic amines) is 2. The van der Waals surface area contributed by atoms with Gasteiger partial charge in [-0.15, -0.1) is 0 Å². The minimum absolute atomic E-state index is 0.0522. The van der Waals surface area contributed by atoms with Crippen molar-refractivity contribution >= 4 is 23.8 Å². The molecule has 0 saturated carbocycles. The van der Waals surface area contributed by atoms with Crippen LogP contribution >= 0.6 is 11.9 Å². The smallest absolute Gasteiger partial charge is 0.232 e. The van der Waals surface area contributed by atoms with E-state index in [9.17, 15) is 9.59 Å². The second kappa shape index (κ2) is 9.09. The Morgan fingerprint density at radius 2 is 1.50 bits per heavy atom. The molecule has 1 N–H and O–H groups in total. The molecule has 0 aliphatic carbocycles. The summed E-state index contributed by atoms with van der Waals surface area (Å²) in [5.41, 5.74) is 0. The minimum atomic E-state index is 0.0522. The lowest BCUT2D eigenvalue weighted by atomic mass is 9.99. The average Bonchev–Trinajstić information content (AvgIpc) is 2.59. The SMILES string of the molecule is CC(C)C(=O)NSC1CCN(C2CCN(C(=O)C(C)C)CC2)CC1. The van der Waals surface area contributed by atoms with Crippen molar-refractivity contribution in [3.05, 3.63) is 0 Å². The van der Waals surface area contributed by atoms with Crippen molar-refractivity contribution in [1.82, 2.24) is 14.5 Å². The van der Waals surface area contributed by atoms with Crippen molar-refractivity contribution in [3.63, 3.8) is 0 Å². The zero-order chi connectivity index (χ0) is 17.7. The van der Waals surface area contributed by atoms with Crippen LogP contribution in [0.4, 0.5) is 0 Å². The monoisotopic (exact) mass is 355 g/mol. The molecular weight excluding hydrogens is 322 g/mol. The van der Waals surface area contributed by atoms with Gasteiger partial charge in [0.25, 0.3) is 0 Å². The third kappa shape index (κ3) is 5.38. The fraction of sp³-hybridized carbons (Fsp3) is 0.889. The first-order valence-electron chi connectivity index (χ1n) is 9.36. The van der Waals surface area contributed by atoms with Crippen LogP contribution in [0.2, 0.25) is 0 Å². The quantitative estimate of drug-likeness (QED) is 0.770. The highest BCUT2D eigenvalue weighted by Crippen LogP contribution is 2.26. The number of nitrogens with zero attached hydrogens (tertiary/aromatic N) is 2. The van der Waals surface area contributed by atoms with Crippen LogP contribution in [0, 0.1) is 11.8 Å². The van der Waals surface area contributed by atoms with E-state index in [-0.39, 0.29) is 17.7 Å². The average molecular weight is 356 g/mol. The molecule has 0 atom stereocenters. The highest BCUT2D eigenvalue weighted by atomic mass is 32.2. The van der Waals surface area contributed by atoms with Gasteiger partial charge in [-0.25, -0.2) is 0 Å². The summed E-state index contributed by atoms with van der Waals surface area (Å²) in [7, 11) is 0. The standard InChI is InChI=1S/C18H33N3O2S/c1-13(2)17(22)19-24-16-7-11-20(12-8-16)15-5-9-21(10-6-15)18(23)14(3)4/h13-16H,5-12H2,1-4H3,(H,19,22). The molecule has 0 radical (unpaired) electrons. The molecule has 24 heavy (non-hydrogen) atoms. The molecular formula is C18H33N3O2S. The Bertz CT molecular complexity index is 426. The normalized spacial score (nSPS) is 21.5. The van der Waals surface area contributed by atoms with Gasteiger partial charge in [-0.1, -0.05) is 27.7 Å². The van der Waals surface area contributed by atoms with Gasteiger partial charge in [0.15, 0.2) is 0 Å². The van der Waals surface area contributed by atoms with Crippen molar-refractivity contribution in [2.24, 2.45) is 11.8 Å². The number of rotatable bonds is 5. The predicted octanol–water partition coefficient (Wildman–Crippen LogP) is 2.52. The molecule has 2 amide bonds. The maximum Gasteiger partial charge on any atom is 0.232 e. The first-order valence-corrected chi connectivity index (χ1v) is 10.2. The molecule has 2 fully saturated rings. The van der Waals surface area contributed by atoms with Gasteiger partial charge >= 0.3 is 0 Å². The zero-order valence-corrected chi connectivity index (χ0v) is 16.4. The summed E-state index contributed by atoms with van der Waals surface area (Å²) in [6, 6.07) is 0.623. The molecule has 2 rings (SSSR count). The van der Waals surface area contributed by atoms with Gasteiger partial charge in [-0.2, -0.15) is 0 Å². The molecule has 0 spiro atoms. The number of nitrogens with one attached hydrogen (secondary N) is 1. The van der Waals surface area contributed by atoms with E-state index >= 15 is 0 Å². The molecule has 6 heteroatoms. The minimum Gasteiger partial charge on any atom is -0.342 e. The molecule has 2 aliphatic rings. The number of carbonyl (C=O) groups excluding carboxylic acids is 2. The second-order valence-electron chi connectivity index (χ2n) is 7.69. The van der Waals surface area contributed by atoms with Crippen molar-refractivity contribution in [1.29, 1.82) is 0 Å². The Labute approximate surface area is 151 Å². The van der Waals surface area contributed by atoms with Crippen LogP contribution < -0.4 is 4.72 Å². The van der Waals surface area contributed by atoms with Crippen molar-refractivity contribution in [2.75, 3.05) is 26.2 Å². The van der Waals surface area contributed by atoms with Gasteiger partial charge in [0.05, 0.1) is 0 Å². The van der Waals surface area contributed by atoms with Gasteiger partial charge < -0.3 is 9.80 Å². The lowest BCUT2D eigenvalue weighted by molar-refractivity contribution is -0.136. The van der Waals surface area contributed by atoms with E-state index in [1.165, 1.54) is 0 Å². The van der Waals surface area contributed by atoms with E-state index in [1.807, 2.05) is 32.6 Å². The number of hydrogen-bond donors (Lipinski definition) is 1. The van der Waals surface area contributed by atoms with E-state index in [0.29, 0.717) is 17.2 Å². The third-order valence-electron chi connectivity index (χ3n) is 5.11. The van der Waals surface area contributed by atoms with Crippen LogP contribution in [-0.4, -0.2) is 59.1 Å². The van der Waals surface area contributed by atoms with Crippen LogP contribution in [0.25, 0.3) is 0 Å². The van der Waals surface area contributed by atoms with E-state index in [0.717, 1.165) is 51.9 Å². The summed E-state index contributed by atoms with van der Waals surface area (Å²) in [5, 5.41) is 0.534. The summed E-state index contributed by atoms with van der Waals surface area (Å²) >= 11 is 1.61. The van der Waals surface area contributed by atoms with E-state index in [4.69, 9.17) is 0 Å². The number of hydrogen-bond acceptors (Lipinski definition) is 4. The molecule has 2 heterocycles. The van der Waals surface area contributed by atoms with Crippen molar-refractivity contribution < 1.29 is 9.59 Å². The number of amides is 2. The van der Waals surface area contributed by atoms with Gasteiger partial charge in [0.1, 0.15) is 0 Å². The van der Waals surface area contributed by atoms with Crippen LogP contribution in [-0.2, 0) is 9.59 Å². The fourth-order valence-electron chi connectivity index (χ4n) is 3.43. The van der Waals surface area contributed by atoms with Gasteiger partial charge in [0.2, 0.25) is 11.8 Å². The maximum atomic E-state index is 12.1. The predicted molar refractivity (Wildman–Crippen MR) is 99.6 cm³/mol. The summed E-state index contributed by atoms with van der Waals surface area (Å²) in [4.78, 5) is 28.4. The lowest BCUT2D eigenvalue weighted by Crippen LogP contribution is -2.50. The Kier molecular flexibility index (Phi) is 7.41. The Morgan fingerprint density at radius 3 is 2.00 bits per heavy atom. The Balaban J connectivity index is 1.68.